The van der Waals surface area contributed by atoms with Gasteiger partial charge in [0.1, 0.15) is 24.6 Å². The number of anilines is 1. The standard InChI is InChI=1S/C28H25Cl2N3O6/c1-3-38-25-13-17(8-11-24(25)39-16-18-9-10-19(29)14-20(18)30)12-22-27(35)33(28(36)32-22)15-26(34)31-21-6-4-5-7-23(21)37-2/h4-14H,3,15-16H2,1-2H3,(H,31,34)(H,32,36)/b22-12+. The number of amides is 4. The summed E-state index contributed by atoms with van der Waals surface area (Å²) in [6.07, 6.45) is 1.50. The number of nitrogens with zero attached hydrogens (tertiary/aromatic N) is 1. The molecule has 4 rings (SSSR count). The lowest BCUT2D eigenvalue weighted by molar-refractivity contribution is -0.127. The molecule has 0 atom stereocenters. The molecule has 0 bridgehead atoms. The summed E-state index contributed by atoms with van der Waals surface area (Å²) in [5.41, 5.74) is 1.79. The highest BCUT2D eigenvalue weighted by Crippen LogP contribution is 2.31. The van der Waals surface area contributed by atoms with Gasteiger partial charge in [-0.2, -0.15) is 0 Å². The van der Waals surface area contributed by atoms with Gasteiger partial charge in [0.25, 0.3) is 5.91 Å². The predicted octanol–water partition coefficient (Wildman–Crippen LogP) is 5.51. The number of carbonyl (C=O) groups is 3. The van der Waals surface area contributed by atoms with Gasteiger partial charge in [-0.25, -0.2) is 9.69 Å². The summed E-state index contributed by atoms with van der Waals surface area (Å²) in [6, 6.07) is 16.4. The number of benzene rings is 3. The van der Waals surface area contributed by atoms with Crippen molar-refractivity contribution in [2.45, 2.75) is 13.5 Å². The molecule has 0 spiro atoms. The van der Waals surface area contributed by atoms with Crippen molar-refractivity contribution in [3.05, 3.63) is 87.5 Å². The molecule has 0 unspecified atom stereocenters. The van der Waals surface area contributed by atoms with E-state index >= 15 is 0 Å². The van der Waals surface area contributed by atoms with Crippen LogP contribution in [0.4, 0.5) is 10.5 Å². The smallest absolute Gasteiger partial charge is 0.329 e. The number of nitrogens with one attached hydrogen (secondary N) is 2. The van der Waals surface area contributed by atoms with Crippen LogP contribution in [0, 0.1) is 0 Å². The molecule has 202 valence electrons. The molecule has 1 aliphatic heterocycles. The van der Waals surface area contributed by atoms with Crippen LogP contribution < -0.4 is 24.8 Å². The van der Waals surface area contributed by atoms with Crippen molar-refractivity contribution in [2.75, 3.05) is 25.6 Å². The van der Waals surface area contributed by atoms with Crippen molar-refractivity contribution in [1.82, 2.24) is 10.2 Å². The van der Waals surface area contributed by atoms with Gasteiger partial charge in [0.05, 0.1) is 19.4 Å². The summed E-state index contributed by atoms with van der Waals surface area (Å²) in [5.74, 6) is 0.191. The Balaban J connectivity index is 1.46. The van der Waals surface area contributed by atoms with Crippen molar-refractivity contribution >= 4 is 52.8 Å². The van der Waals surface area contributed by atoms with E-state index in [0.29, 0.717) is 45.2 Å². The van der Waals surface area contributed by atoms with Crippen LogP contribution in [0.15, 0.2) is 66.4 Å². The molecule has 1 aliphatic rings. The Bertz CT molecular complexity index is 1440. The third-order valence-electron chi connectivity index (χ3n) is 5.62. The van der Waals surface area contributed by atoms with Gasteiger partial charge in [-0.15, -0.1) is 0 Å². The molecule has 1 saturated heterocycles. The van der Waals surface area contributed by atoms with Crippen LogP contribution >= 0.6 is 23.2 Å². The van der Waals surface area contributed by atoms with Crippen molar-refractivity contribution in [3.63, 3.8) is 0 Å². The van der Waals surface area contributed by atoms with E-state index in [1.165, 1.54) is 13.2 Å². The zero-order valence-corrected chi connectivity index (χ0v) is 22.6. The Morgan fingerprint density at radius 1 is 1.00 bits per heavy atom. The van der Waals surface area contributed by atoms with E-state index in [1.807, 2.05) is 6.92 Å². The van der Waals surface area contributed by atoms with Gasteiger partial charge in [0.15, 0.2) is 11.5 Å². The quantitative estimate of drug-likeness (QED) is 0.246. The van der Waals surface area contributed by atoms with E-state index in [9.17, 15) is 14.4 Å². The average molecular weight is 570 g/mol. The Morgan fingerprint density at radius 3 is 2.54 bits per heavy atom. The van der Waals surface area contributed by atoms with Gasteiger partial charge >= 0.3 is 6.03 Å². The monoisotopic (exact) mass is 569 g/mol. The number of imide groups is 1. The molecule has 1 fully saturated rings. The molecule has 0 aliphatic carbocycles. The highest BCUT2D eigenvalue weighted by Gasteiger charge is 2.35. The van der Waals surface area contributed by atoms with Crippen LogP contribution in [-0.2, 0) is 16.2 Å². The largest absolute Gasteiger partial charge is 0.495 e. The van der Waals surface area contributed by atoms with Crippen LogP contribution in [0.5, 0.6) is 17.2 Å². The highest BCUT2D eigenvalue weighted by molar-refractivity contribution is 6.35. The molecule has 2 N–H and O–H groups in total. The van der Waals surface area contributed by atoms with Crippen molar-refractivity contribution in [3.8, 4) is 17.2 Å². The van der Waals surface area contributed by atoms with E-state index in [4.69, 9.17) is 37.4 Å². The van der Waals surface area contributed by atoms with Crippen molar-refractivity contribution in [1.29, 1.82) is 0 Å². The summed E-state index contributed by atoms with van der Waals surface area (Å²) >= 11 is 12.2. The molecule has 11 heteroatoms. The maximum Gasteiger partial charge on any atom is 0.329 e. The number of rotatable bonds is 10. The topological polar surface area (TPSA) is 106 Å². The zero-order valence-electron chi connectivity index (χ0n) is 21.1. The predicted molar refractivity (Wildman–Crippen MR) is 148 cm³/mol. The number of hydrogen-bond acceptors (Lipinski definition) is 6. The lowest BCUT2D eigenvalue weighted by Crippen LogP contribution is -2.38. The summed E-state index contributed by atoms with van der Waals surface area (Å²) < 4.78 is 16.8. The maximum absolute atomic E-state index is 12.9. The van der Waals surface area contributed by atoms with Gasteiger partial charge in [-0.3, -0.25) is 9.59 Å². The number of ether oxygens (including phenoxy) is 3. The lowest BCUT2D eigenvalue weighted by atomic mass is 10.1. The Labute approximate surface area is 235 Å². The van der Waals surface area contributed by atoms with Gasteiger partial charge < -0.3 is 24.8 Å². The van der Waals surface area contributed by atoms with E-state index in [1.54, 1.807) is 60.7 Å². The first-order valence-electron chi connectivity index (χ1n) is 11.9. The molecule has 1 heterocycles. The molecular weight excluding hydrogens is 545 g/mol. The average Bonchev–Trinajstić information content (AvgIpc) is 3.16. The minimum Gasteiger partial charge on any atom is -0.495 e. The van der Waals surface area contributed by atoms with E-state index in [2.05, 4.69) is 10.6 Å². The Hall–Kier alpha value is -4.21. The third-order valence-corrected chi connectivity index (χ3v) is 6.21. The fourth-order valence-corrected chi connectivity index (χ4v) is 4.22. The fourth-order valence-electron chi connectivity index (χ4n) is 3.76. The summed E-state index contributed by atoms with van der Waals surface area (Å²) in [4.78, 5) is 38.8. The number of halogens is 2. The zero-order chi connectivity index (χ0) is 27.9. The second-order valence-electron chi connectivity index (χ2n) is 8.29. The van der Waals surface area contributed by atoms with Gasteiger partial charge in [-0.05, 0) is 55.0 Å². The maximum atomic E-state index is 12.9. The summed E-state index contributed by atoms with van der Waals surface area (Å²) in [6.45, 7) is 1.93. The lowest BCUT2D eigenvalue weighted by Gasteiger charge is -2.14. The van der Waals surface area contributed by atoms with Gasteiger partial charge in [0, 0.05) is 15.6 Å². The number of hydrogen-bond donors (Lipinski definition) is 2. The SMILES string of the molecule is CCOc1cc(/C=C2/NC(=O)N(CC(=O)Nc3ccccc3OC)C2=O)ccc1OCc1ccc(Cl)cc1Cl. The number of para-hydroxylation sites is 2. The summed E-state index contributed by atoms with van der Waals surface area (Å²) in [5, 5.41) is 6.18. The van der Waals surface area contributed by atoms with E-state index < -0.39 is 24.4 Å². The number of methoxy groups -OCH3 is 1. The Kier molecular flexibility index (Phi) is 8.96. The highest BCUT2D eigenvalue weighted by atomic mass is 35.5. The van der Waals surface area contributed by atoms with Crippen LogP contribution in [0.25, 0.3) is 6.08 Å². The first-order chi connectivity index (χ1) is 18.8. The minimum atomic E-state index is -0.703. The summed E-state index contributed by atoms with van der Waals surface area (Å²) in [7, 11) is 1.48. The van der Waals surface area contributed by atoms with Crippen LogP contribution in [0.2, 0.25) is 10.0 Å². The fraction of sp³-hybridized carbons (Fsp3) is 0.179. The molecule has 39 heavy (non-hydrogen) atoms. The molecule has 4 amide bonds. The van der Waals surface area contributed by atoms with Crippen molar-refractivity contribution < 1.29 is 28.6 Å². The van der Waals surface area contributed by atoms with Crippen LogP contribution in [-0.4, -0.2) is 43.0 Å². The van der Waals surface area contributed by atoms with E-state index in [0.717, 1.165) is 10.5 Å². The third kappa shape index (κ3) is 6.81. The van der Waals surface area contributed by atoms with Crippen LogP contribution in [0.1, 0.15) is 18.1 Å². The Morgan fingerprint density at radius 2 is 1.79 bits per heavy atom. The first-order valence-corrected chi connectivity index (χ1v) is 12.7. The molecule has 3 aromatic carbocycles. The number of carbonyl (C=O) groups excluding carboxylic acids is 3. The molecule has 0 radical (unpaired) electrons. The molecule has 0 saturated carbocycles. The van der Waals surface area contributed by atoms with Gasteiger partial charge in [0.2, 0.25) is 5.91 Å². The molecule has 3 aromatic rings. The van der Waals surface area contributed by atoms with E-state index in [-0.39, 0.29) is 12.3 Å². The normalized spacial score (nSPS) is 13.8. The first kappa shape index (κ1) is 27.8. The number of urea groups is 1. The molecule has 9 nitrogen and oxygen atoms in total. The van der Waals surface area contributed by atoms with Crippen LogP contribution in [0.3, 0.4) is 0 Å². The minimum absolute atomic E-state index is 0.0224. The molecule has 0 aromatic heterocycles. The van der Waals surface area contributed by atoms with Crippen molar-refractivity contribution in [2.24, 2.45) is 0 Å². The molecular formula is C28H25Cl2N3O6. The van der Waals surface area contributed by atoms with Gasteiger partial charge in [-0.1, -0.05) is 47.5 Å². The second kappa shape index (κ2) is 12.6. The second-order valence-corrected chi connectivity index (χ2v) is 9.14.